The van der Waals surface area contributed by atoms with Crippen molar-refractivity contribution < 1.29 is 9.90 Å². The normalized spacial score (nSPS) is 13.3. The Morgan fingerprint density at radius 1 is 1.33 bits per heavy atom. The standard InChI is InChI=1S/C12H9NO2/c14-12(15)11-8-4-1-2-5-9(8)13-7-3-6-10(11)13/h1-5,7H,6H2,(H,14,15). The number of carboxylic acid groups (broad SMARTS) is 1. The molecular formula is C12H9NO2. The van der Waals surface area contributed by atoms with Crippen LogP contribution in [0.4, 0.5) is 0 Å². The lowest BCUT2D eigenvalue weighted by Crippen LogP contribution is -1.99. The lowest BCUT2D eigenvalue weighted by molar-refractivity contribution is 0.0698. The maximum absolute atomic E-state index is 11.2. The number of hydrogen-bond acceptors (Lipinski definition) is 1. The first-order valence-corrected chi connectivity index (χ1v) is 4.81. The van der Waals surface area contributed by atoms with Gasteiger partial charge in [-0.15, -0.1) is 0 Å². The van der Waals surface area contributed by atoms with Crippen LogP contribution in [0.15, 0.2) is 30.3 Å². The third-order valence-electron chi connectivity index (χ3n) is 2.79. The number of fused-ring (bicyclic) bond motifs is 3. The highest BCUT2D eigenvalue weighted by Crippen LogP contribution is 2.29. The molecule has 3 rings (SSSR count). The van der Waals surface area contributed by atoms with E-state index >= 15 is 0 Å². The minimum atomic E-state index is -0.844. The maximum atomic E-state index is 11.2. The van der Waals surface area contributed by atoms with Gasteiger partial charge in [-0.3, -0.25) is 0 Å². The predicted octanol–water partition coefficient (Wildman–Crippen LogP) is 2.37. The van der Waals surface area contributed by atoms with E-state index < -0.39 is 5.97 Å². The summed E-state index contributed by atoms with van der Waals surface area (Å²) in [6.07, 6.45) is 4.62. The van der Waals surface area contributed by atoms with Crippen molar-refractivity contribution in [3.8, 4) is 0 Å². The summed E-state index contributed by atoms with van der Waals surface area (Å²) < 4.78 is 1.96. The zero-order chi connectivity index (χ0) is 10.4. The van der Waals surface area contributed by atoms with Gasteiger partial charge in [0.1, 0.15) is 0 Å². The maximum Gasteiger partial charge on any atom is 0.338 e. The van der Waals surface area contributed by atoms with Gasteiger partial charge >= 0.3 is 5.97 Å². The minimum Gasteiger partial charge on any atom is -0.478 e. The molecule has 0 amide bonds. The summed E-state index contributed by atoms with van der Waals surface area (Å²) in [5.41, 5.74) is 2.29. The van der Waals surface area contributed by atoms with E-state index in [9.17, 15) is 9.90 Å². The van der Waals surface area contributed by atoms with Crippen LogP contribution in [-0.2, 0) is 6.42 Å². The van der Waals surface area contributed by atoms with Crippen molar-refractivity contribution in [2.75, 3.05) is 0 Å². The first kappa shape index (κ1) is 8.29. The van der Waals surface area contributed by atoms with Gasteiger partial charge in [-0.25, -0.2) is 4.79 Å². The van der Waals surface area contributed by atoms with Crippen molar-refractivity contribution >= 4 is 23.1 Å². The lowest BCUT2D eigenvalue weighted by atomic mass is 10.1. The minimum absolute atomic E-state index is 0.440. The topological polar surface area (TPSA) is 42.2 Å². The Balaban J connectivity index is 2.50. The number of para-hydroxylation sites is 1. The van der Waals surface area contributed by atoms with Crippen LogP contribution < -0.4 is 0 Å². The molecule has 0 saturated carbocycles. The number of nitrogens with zero attached hydrogens (tertiary/aromatic N) is 1. The number of allylic oxidation sites excluding steroid dienone is 1. The molecule has 0 saturated heterocycles. The van der Waals surface area contributed by atoms with E-state index in [0.29, 0.717) is 12.0 Å². The van der Waals surface area contributed by atoms with E-state index in [-0.39, 0.29) is 0 Å². The van der Waals surface area contributed by atoms with Crippen molar-refractivity contribution in [3.05, 3.63) is 41.6 Å². The van der Waals surface area contributed by atoms with E-state index in [0.717, 1.165) is 16.6 Å². The number of carbonyl (C=O) groups is 1. The second-order valence-electron chi connectivity index (χ2n) is 3.60. The van der Waals surface area contributed by atoms with E-state index in [1.165, 1.54) is 0 Å². The average Bonchev–Trinajstić information content (AvgIpc) is 2.75. The number of hydrogen-bond donors (Lipinski definition) is 1. The number of rotatable bonds is 1. The first-order chi connectivity index (χ1) is 7.29. The summed E-state index contributed by atoms with van der Waals surface area (Å²) in [5, 5.41) is 10.0. The van der Waals surface area contributed by atoms with Crippen molar-refractivity contribution in [1.82, 2.24) is 4.57 Å². The Bertz CT molecular complexity index is 593. The van der Waals surface area contributed by atoms with E-state index in [2.05, 4.69) is 0 Å². The molecule has 1 N–H and O–H groups in total. The molecule has 1 aliphatic rings. The Morgan fingerprint density at radius 2 is 2.13 bits per heavy atom. The molecule has 2 heterocycles. The molecule has 2 aromatic rings. The molecule has 74 valence electrons. The fourth-order valence-corrected chi connectivity index (χ4v) is 2.20. The molecule has 1 aliphatic heterocycles. The zero-order valence-corrected chi connectivity index (χ0v) is 7.97. The van der Waals surface area contributed by atoms with Gasteiger partial charge in [0.2, 0.25) is 0 Å². The van der Waals surface area contributed by atoms with Crippen LogP contribution >= 0.6 is 0 Å². The molecule has 0 atom stereocenters. The molecule has 3 nitrogen and oxygen atoms in total. The summed E-state index contributed by atoms with van der Waals surface area (Å²) in [4.78, 5) is 11.2. The Morgan fingerprint density at radius 3 is 2.93 bits per heavy atom. The Kier molecular flexibility index (Phi) is 1.51. The number of aromatic nitrogens is 1. The van der Waals surface area contributed by atoms with Gasteiger partial charge in [-0.2, -0.15) is 0 Å². The lowest BCUT2D eigenvalue weighted by Gasteiger charge is -1.95. The van der Waals surface area contributed by atoms with Crippen molar-refractivity contribution in [3.63, 3.8) is 0 Å². The van der Waals surface area contributed by atoms with Crippen LogP contribution in [0.1, 0.15) is 16.1 Å². The van der Waals surface area contributed by atoms with Crippen LogP contribution in [0.25, 0.3) is 17.1 Å². The smallest absolute Gasteiger partial charge is 0.338 e. The highest BCUT2D eigenvalue weighted by molar-refractivity contribution is 6.06. The zero-order valence-electron chi connectivity index (χ0n) is 7.97. The first-order valence-electron chi connectivity index (χ1n) is 4.81. The fraction of sp³-hybridized carbons (Fsp3) is 0.0833. The summed E-state index contributed by atoms with van der Waals surface area (Å²) in [6, 6.07) is 7.60. The van der Waals surface area contributed by atoms with Gasteiger partial charge in [0.15, 0.2) is 0 Å². The summed E-state index contributed by atoms with van der Waals surface area (Å²) in [7, 11) is 0. The van der Waals surface area contributed by atoms with Crippen molar-refractivity contribution in [1.29, 1.82) is 0 Å². The van der Waals surface area contributed by atoms with E-state index in [4.69, 9.17) is 0 Å². The largest absolute Gasteiger partial charge is 0.478 e. The number of aromatic carboxylic acids is 1. The van der Waals surface area contributed by atoms with Crippen molar-refractivity contribution in [2.24, 2.45) is 0 Å². The summed E-state index contributed by atoms with van der Waals surface area (Å²) in [5.74, 6) is -0.844. The molecule has 0 aliphatic carbocycles. The third kappa shape index (κ3) is 0.973. The molecule has 1 aromatic heterocycles. The SMILES string of the molecule is O=C(O)c1c2n(c3ccccc13)C=CC2. The summed E-state index contributed by atoms with van der Waals surface area (Å²) >= 11 is 0. The van der Waals surface area contributed by atoms with Crippen molar-refractivity contribution in [2.45, 2.75) is 6.42 Å². The van der Waals surface area contributed by atoms with Gasteiger partial charge in [0.25, 0.3) is 0 Å². The molecular weight excluding hydrogens is 190 g/mol. The Hall–Kier alpha value is -2.03. The van der Waals surface area contributed by atoms with Crippen LogP contribution in [0, 0.1) is 0 Å². The summed E-state index contributed by atoms with van der Waals surface area (Å²) in [6.45, 7) is 0. The monoisotopic (exact) mass is 199 g/mol. The number of benzene rings is 1. The number of carboxylic acids is 1. The van der Waals surface area contributed by atoms with E-state index in [1.54, 1.807) is 0 Å². The Labute approximate surface area is 86.3 Å². The van der Waals surface area contributed by atoms with Gasteiger partial charge in [0.05, 0.1) is 11.1 Å². The van der Waals surface area contributed by atoms with Crippen LogP contribution in [-0.4, -0.2) is 15.6 Å². The molecule has 0 unspecified atom stereocenters. The third-order valence-corrected chi connectivity index (χ3v) is 2.79. The molecule has 3 heteroatoms. The quantitative estimate of drug-likeness (QED) is 0.766. The second kappa shape index (κ2) is 2.73. The van der Waals surface area contributed by atoms with Gasteiger partial charge in [-0.1, -0.05) is 24.3 Å². The van der Waals surface area contributed by atoms with Crippen LogP contribution in [0.5, 0.6) is 0 Å². The molecule has 15 heavy (non-hydrogen) atoms. The fourth-order valence-electron chi connectivity index (χ4n) is 2.20. The van der Waals surface area contributed by atoms with Crippen LogP contribution in [0.3, 0.4) is 0 Å². The molecule has 0 radical (unpaired) electrons. The van der Waals surface area contributed by atoms with Crippen LogP contribution in [0.2, 0.25) is 0 Å². The van der Waals surface area contributed by atoms with Gasteiger partial charge < -0.3 is 9.67 Å². The highest BCUT2D eigenvalue weighted by atomic mass is 16.4. The predicted molar refractivity (Wildman–Crippen MR) is 57.9 cm³/mol. The molecule has 0 fully saturated rings. The molecule has 0 spiro atoms. The van der Waals surface area contributed by atoms with E-state index in [1.807, 2.05) is 41.1 Å². The molecule has 1 aromatic carbocycles. The highest BCUT2D eigenvalue weighted by Gasteiger charge is 2.21. The average molecular weight is 199 g/mol. The van der Waals surface area contributed by atoms with Gasteiger partial charge in [0, 0.05) is 23.7 Å². The second-order valence-corrected chi connectivity index (χ2v) is 3.60. The van der Waals surface area contributed by atoms with Gasteiger partial charge in [-0.05, 0) is 6.07 Å². The molecule has 0 bridgehead atoms.